The van der Waals surface area contributed by atoms with Gasteiger partial charge in [-0.15, -0.1) is 0 Å². The van der Waals surface area contributed by atoms with Crippen LogP contribution < -0.4 is 5.32 Å². The Morgan fingerprint density at radius 1 is 1.03 bits per heavy atom. The zero-order chi connectivity index (χ0) is 24.4. The fourth-order valence-corrected chi connectivity index (χ4v) is 4.59. The van der Waals surface area contributed by atoms with E-state index < -0.39 is 16.1 Å². The molecular weight excluding hydrogens is 438 g/mol. The second kappa shape index (κ2) is 12.5. The number of aryl methyl sites for hydroxylation is 1. The van der Waals surface area contributed by atoms with Gasteiger partial charge in [-0.05, 0) is 44.4 Å². The highest BCUT2D eigenvalue weighted by molar-refractivity contribution is 7.89. The van der Waals surface area contributed by atoms with E-state index >= 15 is 0 Å². The van der Waals surface area contributed by atoms with Crippen LogP contribution in [0.4, 0.5) is 0 Å². The van der Waals surface area contributed by atoms with Gasteiger partial charge in [0, 0.05) is 33.1 Å². The number of hydrogen-bond acceptors (Lipinski definition) is 4. The van der Waals surface area contributed by atoms with Gasteiger partial charge in [0.05, 0.1) is 4.90 Å². The molecule has 0 aromatic heterocycles. The van der Waals surface area contributed by atoms with Gasteiger partial charge < -0.3 is 10.2 Å². The van der Waals surface area contributed by atoms with Crippen molar-refractivity contribution in [2.45, 2.75) is 57.5 Å². The molecular formula is C25H35N3O4S. The van der Waals surface area contributed by atoms with Gasteiger partial charge >= 0.3 is 0 Å². The molecule has 0 radical (unpaired) electrons. The summed E-state index contributed by atoms with van der Waals surface area (Å²) in [5.41, 5.74) is 2.06. The smallest absolute Gasteiger partial charge is 0.242 e. The van der Waals surface area contributed by atoms with Crippen molar-refractivity contribution in [2.75, 3.05) is 20.1 Å². The van der Waals surface area contributed by atoms with Crippen molar-refractivity contribution in [1.82, 2.24) is 14.5 Å². The molecule has 2 amide bonds. The van der Waals surface area contributed by atoms with E-state index in [0.29, 0.717) is 19.5 Å². The molecule has 1 N–H and O–H groups in total. The fraction of sp³-hybridized carbons (Fsp3) is 0.440. The first kappa shape index (κ1) is 26.5. The third-order valence-electron chi connectivity index (χ3n) is 5.51. The molecule has 8 heteroatoms. The largest absolute Gasteiger partial charge is 0.354 e. The number of carbonyl (C=O) groups excluding carboxylic acids is 2. The van der Waals surface area contributed by atoms with Crippen molar-refractivity contribution in [3.8, 4) is 0 Å². The van der Waals surface area contributed by atoms with E-state index in [1.54, 1.807) is 42.2 Å². The summed E-state index contributed by atoms with van der Waals surface area (Å²) in [6, 6.07) is 15.4. The van der Waals surface area contributed by atoms with E-state index in [-0.39, 0.29) is 29.7 Å². The van der Waals surface area contributed by atoms with Crippen LogP contribution in [0.1, 0.15) is 44.2 Å². The summed E-state index contributed by atoms with van der Waals surface area (Å²) in [6.07, 6.45) is 1.31. The van der Waals surface area contributed by atoms with Gasteiger partial charge in [-0.3, -0.25) is 9.59 Å². The monoisotopic (exact) mass is 473 g/mol. The van der Waals surface area contributed by atoms with Gasteiger partial charge in [-0.25, -0.2) is 12.7 Å². The lowest BCUT2D eigenvalue weighted by atomic mass is 10.1. The summed E-state index contributed by atoms with van der Waals surface area (Å²) in [7, 11) is -2.09. The normalized spacial score (nSPS) is 12.4. The van der Waals surface area contributed by atoms with E-state index in [2.05, 4.69) is 5.32 Å². The van der Waals surface area contributed by atoms with Crippen LogP contribution in [0.2, 0.25) is 0 Å². The molecule has 1 atom stereocenters. The van der Waals surface area contributed by atoms with Gasteiger partial charge in [-0.1, -0.05) is 55.0 Å². The van der Waals surface area contributed by atoms with E-state index in [4.69, 9.17) is 0 Å². The first-order valence-electron chi connectivity index (χ1n) is 11.3. The van der Waals surface area contributed by atoms with E-state index in [0.717, 1.165) is 17.5 Å². The summed E-state index contributed by atoms with van der Waals surface area (Å²) >= 11 is 0. The Bertz CT molecular complexity index is 1010. The zero-order valence-electron chi connectivity index (χ0n) is 20.0. The maximum Gasteiger partial charge on any atom is 0.242 e. The molecule has 0 saturated heterocycles. The number of nitrogens with one attached hydrogen (secondary N) is 1. The Balaban J connectivity index is 2.05. The lowest BCUT2D eigenvalue weighted by molar-refractivity contribution is -0.140. The Hall–Kier alpha value is -2.71. The molecule has 33 heavy (non-hydrogen) atoms. The van der Waals surface area contributed by atoms with Crippen LogP contribution in [-0.4, -0.2) is 55.6 Å². The van der Waals surface area contributed by atoms with E-state index in [1.165, 1.54) is 11.4 Å². The van der Waals surface area contributed by atoms with Crippen LogP contribution in [-0.2, 0) is 26.2 Å². The molecule has 2 aromatic carbocycles. The number of sulfonamides is 1. The molecule has 0 fully saturated rings. The molecule has 2 aromatic rings. The summed E-state index contributed by atoms with van der Waals surface area (Å²) in [5, 5.41) is 2.85. The average molecular weight is 474 g/mol. The van der Waals surface area contributed by atoms with E-state index in [1.807, 2.05) is 38.1 Å². The van der Waals surface area contributed by atoms with Crippen LogP contribution in [0.3, 0.4) is 0 Å². The predicted molar refractivity (Wildman–Crippen MR) is 130 cm³/mol. The van der Waals surface area contributed by atoms with Gasteiger partial charge in [0.1, 0.15) is 6.04 Å². The molecule has 0 aliphatic carbocycles. The topological polar surface area (TPSA) is 86.8 Å². The van der Waals surface area contributed by atoms with Gasteiger partial charge in [0.25, 0.3) is 0 Å². The van der Waals surface area contributed by atoms with Crippen molar-refractivity contribution < 1.29 is 18.0 Å². The number of carbonyl (C=O) groups is 2. The van der Waals surface area contributed by atoms with Gasteiger partial charge in [0.15, 0.2) is 0 Å². The molecule has 0 bridgehead atoms. The van der Waals surface area contributed by atoms with Gasteiger partial charge in [0.2, 0.25) is 21.8 Å². The number of rotatable bonds is 12. The molecule has 0 saturated carbocycles. The molecule has 0 aliphatic heterocycles. The van der Waals surface area contributed by atoms with Crippen LogP contribution >= 0.6 is 0 Å². The molecule has 7 nitrogen and oxygen atoms in total. The Morgan fingerprint density at radius 3 is 2.27 bits per heavy atom. The van der Waals surface area contributed by atoms with Crippen molar-refractivity contribution in [3.05, 3.63) is 65.7 Å². The first-order chi connectivity index (χ1) is 15.7. The minimum absolute atomic E-state index is 0.145. The fourth-order valence-electron chi connectivity index (χ4n) is 3.36. The number of hydrogen-bond donors (Lipinski definition) is 1. The number of benzene rings is 2. The van der Waals surface area contributed by atoms with Crippen molar-refractivity contribution >= 4 is 21.8 Å². The van der Waals surface area contributed by atoms with Crippen molar-refractivity contribution in [2.24, 2.45) is 0 Å². The Morgan fingerprint density at radius 2 is 1.67 bits per heavy atom. The summed E-state index contributed by atoms with van der Waals surface area (Å²) in [4.78, 5) is 27.5. The maximum absolute atomic E-state index is 13.1. The number of nitrogens with zero attached hydrogens (tertiary/aromatic N) is 2. The highest BCUT2D eigenvalue weighted by atomic mass is 32.2. The Labute approximate surface area is 197 Å². The predicted octanol–water partition coefficient (Wildman–Crippen LogP) is 3.34. The second-order valence-electron chi connectivity index (χ2n) is 8.22. The standard InChI is InChI=1S/C25H35N3O4S/c1-5-17-26-25(30)21(3)28(19-22-15-13-20(2)14-16-22)24(29)12-9-18-27(4)33(31,32)23-10-7-6-8-11-23/h6-8,10-11,13-16,21H,5,9,12,17-19H2,1-4H3,(H,26,30)/t21-/m1/s1. The minimum atomic E-state index is -3.61. The molecule has 0 heterocycles. The third kappa shape index (κ3) is 7.68. The lowest BCUT2D eigenvalue weighted by Gasteiger charge is -2.29. The maximum atomic E-state index is 13.1. The van der Waals surface area contributed by atoms with Crippen molar-refractivity contribution in [3.63, 3.8) is 0 Å². The quantitative estimate of drug-likeness (QED) is 0.512. The van der Waals surface area contributed by atoms with Crippen LogP contribution in [0.5, 0.6) is 0 Å². The molecule has 0 aliphatic rings. The first-order valence-corrected chi connectivity index (χ1v) is 12.7. The van der Waals surface area contributed by atoms with Gasteiger partial charge in [-0.2, -0.15) is 0 Å². The lowest BCUT2D eigenvalue weighted by Crippen LogP contribution is -2.47. The van der Waals surface area contributed by atoms with Crippen LogP contribution in [0.25, 0.3) is 0 Å². The molecule has 0 unspecified atom stereocenters. The third-order valence-corrected chi connectivity index (χ3v) is 7.38. The van der Waals surface area contributed by atoms with Crippen LogP contribution in [0.15, 0.2) is 59.5 Å². The summed E-state index contributed by atoms with van der Waals surface area (Å²) in [5.74, 6) is -0.374. The average Bonchev–Trinajstić information content (AvgIpc) is 2.82. The number of amides is 2. The molecule has 2 rings (SSSR count). The highest BCUT2D eigenvalue weighted by Crippen LogP contribution is 2.16. The molecule has 0 spiro atoms. The highest BCUT2D eigenvalue weighted by Gasteiger charge is 2.26. The summed E-state index contributed by atoms with van der Waals surface area (Å²) < 4.78 is 26.6. The van der Waals surface area contributed by atoms with Crippen molar-refractivity contribution in [1.29, 1.82) is 0 Å². The second-order valence-corrected chi connectivity index (χ2v) is 10.3. The molecule has 180 valence electrons. The summed E-state index contributed by atoms with van der Waals surface area (Å²) in [6.45, 7) is 6.77. The van der Waals surface area contributed by atoms with Crippen LogP contribution in [0, 0.1) is 6.92 Å². The SMILES string of the molecule is CCCNC(=O)[C@@H](C)N(Cc1ccc(C)cc1)C(=O)CCCN(C)S(=O)(=O)c1ccccc1. The van der Waals surface area contributed by atoms with E-state index in [9.17, 15) is 18.0 Å². The minimum Gasteiger partial charge on any atom is -0.354 e. The zero-order valence-corrected chi connectivity index (χ0v) is 20.8. The Kier molecular flexibility index (Phi) is 10.1.